The second-order valence-electron chi connectivity index (χ2n) is 2.81. The van der Waals surface area contributed by atoms with Crippen molar-refractivity contribution < 1.29 is 18.3 Å². The van der Waals surface area contributed by atoms with Gasteiger partial charge in [0.1, 0.15) is 18.0 Å². The SMILES string of the molecule is O=COCc1coc2ccc(F)cc12. The summed E-state index contributed by atoms with van der Waals surface area (Å²) in [7, 11) is 0. The molecule has 1 aromatic heterocycles. The van der Waals surface area contributed by atoms with Crippen molar-refractivity contribution in [1.82, 2.24) is 0 Å². The summed E-state index contributed by atoms with van der Waals surface area (Å²) in [4.78, 5) is 9.98. The van der Waals surface area contributed by atoms with Gasteiger partial charge in [0.15, 0.2) is 0 Å². The van der Waals surface area contributed by atoms with Crippen LogP contribution in [0.1, 0.15) is 5.56 Å². The highest BCUT2D eigenvalue weighted by molar-refractivity contribution is 5.80. The molecule has 0 aliphatic rings. The van der Waals surface area contributed by atoms with E-state index in [1.807, 2.05) is 0 Å². The van der Waals surface area contributed by atoms with E-state index in [0.717, 1.165) is 0 Å². The summed E-state index contributed by atoms with van der Waals surface area (Å²) in [5, 5.41) is 0.631. The van der Waals surface area contributed by atoms with Crippen molar-refractivity contribution in [1.29, 1.82) is 0 Å². The molecule has 0 bridgehead atoms. The maximum Gasteiger partial charge on any atom is 0.293 e. The molecule has 0 spiro atoms. The predicted octanol–water partition coefficient (Wildman–Crippen LogP) is 2.24. The van der Waals surface area contributed by atoms with Crippen LogP contribution >= 0.6 is 0 Å². The molecule has 0 atom stereocenters. The van der Waals surface area contributed by atoms with Crippen LogP contribution in [0.5, 0.6) is 0 Å². The van der Waals surface area contributed by atoms with Crippen LogP contribution in [0.2, 0.25) is 0 Å². The highest BCUT2D eigenvalue weighted by Gasteiger charge is 2.06. The van der Waals surface area contributed by atoms with Gasteiger partial charge in [-0.15, -0.1) is 0 Å². The Balaban J connectivity index is 2.44. The van der Waals surface area contributed by atoms with Gasteiger partial charge < -0.3 is 9.15 Å². The van der Waals surface area contributed by atoms with E-state index in [1.54, 1.807) is 0 Å². The number of benzene rings is 1. The minimum atomic E-state index is -0.341. The number of carbonyl (C=O) groups excluding carboxylic acids is 1. The topological polar surface area (TPSA) is 39.4 Å². The molecule has 0 N–H and O–H groups in total. The summed E-state index contributed by atoms with van der Waals surface area (Å²) in [6.45, 7) is 0.443. The van der Waals surface area contributed by atoms with E-state index < -0.39 is 0 Å². The van der Waals surface area contributed by atoms with Crippen LogP contribution in [0.15, 0.2) is 28.9 Å². The Morgan fingerprint density at radius 2 is 2.36 bits per heavy atom. The Morgan fingerprint density at radius 3 is 3.14 bits per heavy atom. The van der Waals surface area contributed by atoms with Gasteiger partial charge in [0.25, 0.3) is 6.47 Å². The fourth-order valence-electron chi connectivity index (χ4n) is 1.29. The predicted molar refractivity (Wildman–Crippen MR) is 47.0 cm³/mol. The average Bonchev–Trinajstić information content (AvgIpc) is 2.57. The Labute approximate surface area is 79.1 Å². The van der Waals surface area contributed by atoms with Crippen LogP contribution in [0.3, 0.4) is 0 Å². The molecule has 0 radical (unpaired) electrons. The van der Waals surface area contributed by atoms with E-state index >= 15 is 0 Å². The summed E-state index contributed by atoms with van der Waals surface area (Å²) in [6.07, 6.45) is 1.45. The first-order valence-electron chi connectivity index (χ1n) is 4.02. The normalized spacial score (nSPS) is 10.4. The summed E-state index contributed by atoms with van der Waals surface area (Å²) in [5.41, 5.74) is 1.24. The fourth-order valence-corrected chi connectivity index (χ4v) is 1.29. The van der Waals surface area contributed by atoms with Crippen LogP contribution in [-0.2, 0) is 16.1 Å². The molecule has 0 saturated carbocycles. The lowest BCUT2D eigenvalue weighted by atomic mass is 10.2. The number of rotatable bonds is 3. The molecule has 14 heavy (non-hydrogen) atoms. The number of furan rings is 1. The molecular formula is C10H7FO3. The Hall–Kier alpha value is -1.84. The molecular weight excluding hydrogens is 187 g/mol. The third-order valence-electron chi connectivity index (χ3n) is 1.92. The van der Waals surface area contributed by atoms with Gasteiger partial charge in [-0.05, 0) is 18.2 Å². The fraction of sp³-hybridized carbons (Fsp3) is 0.100. The molecule has 0 saturated heterocycles. The summed E-state index contributed by atoms with van der Waals surface area (Å²) < 4.78 is 22.6. The number of hydrogen-bond donors (Lipinski definition) is 0. The molecule has 1 aromatic carbocycles. The van der Waals surface area contributed by atoms with Gasteiger partial charge >= 0.3 is 0 Å². The lowest BCUT2D eigenvalue weighted by Gasteiger charge is -1.95. The third-order valence-corrected chi connectivity index (χ3v) is 1.92. The molecule has 0 aliphatic heterocycles. The van der Waals surface area contributed by atoms with Gasteiger partial charge in [0, 0.05) is 10.9 Å². The smallest absolute Gasteiger partial charge is 0.293 e. The Morgan fingerprint density at radius 1 is 1.50 bits per heavy atom. The zero-order valence-corrected chi connectivity index (χ0v) is 7.20. The number of halogens is 1. The molecule has 1 heterocycles. The van der Waals surface area contributed by atoms with E-state index in [-0.39, 0.29) is 12.4 Å². The highest BCUT2D eigenvalue weighted by Crippen LogP contribution is 2.22. The number of fused-ring (bicyclic) bond motifs is 1. The number of hydrogen-bond acceptors (Lipinski definition) is 3. The summed E-state index contributed by atoms with van der Waals surface area (Å²) >= 11 is 0. The van der Waals surface area contributed by atoms with Crippen LogP contribution < -0.4 is 0 Å². The second kappa shape index (κ2) is 3.49. The lowest BCUT2D eigenvalue weighted by Crippen LogP contribution is -1.88. The highest BCUT2D eigenvalue weighted by atomic mass is 19.1. The minimum absolute atomic E-state index is 0.0972. The lowest BCUT2D eigenvalue weighted by molar-refractivity contribution is -0.129. The zero-order valence-electron chi connectivity index (χ0n) is 7.20. The van der Waals surface area contributed by atoms with Crippen molar-refractivity contribution in [3.05, 3.63) is 35.8 Å². The van der Waals surface area contributed by atoms with Crippen molar-refractivity contribution in [3.8, 4) is 0 Å². The van der Waals surface area contributed by atoms with Crippen LogP contribution in [0.25, 0.3) is 11.0 Å². The van der Waals surface area contributed by atoms with Crippen molar-refractivity contribution in [2.75, 3.05) is 0 Å². The van der Waals surface area contributed by atoms with Crippen molar-refractivity contribution >= 4 is 17.4 Å². The van der Waals surface area contributed by atoms with E-state index in [9.17, 15) is 9.18 Å². The zero-order chi connectivity index (χ0) is 9.97. The first kappa shape index (κ1) is 8.74. The monoisotopic (exact) mass is 194 g/mol. The Bertz CT molecular complexity index is 461. The van der Waals surface area contributed by atoms with Gasteiger partial charge in [-0.1, -0.05) is 0 Å². The van der Waals surface area contributed by atoms with E-state index in [4.69, 9.17) is 4.42 Å². The minimum Gasteiger partial charge on any atom is -0.464 e. The first-order valence-corrected chi connectivity index (χ1v) is 4.02. The molecule has 2 aromatic rings. The molecule has 0 aliphatic carbocycles. The Kier molecular flexibility index (Phi) is 2.18. The summed E-state index contributed by atoms with van der Waals surface area (Å²) in [5.74, 6) is -0.341. The van der Waals surface area contributed by atoms with Crippen LogP contribution in [0.4, 0.5) is 4.39 Å². The van der Waals surface area contributed by atoms with Crippen molar-refractivity contribution in [2.45, 2.75) is 6.61 Å². The standard InChI is InChI=1S/C10H7FO3/c11-8-1-2-10-9(3-8)7(5-14-10)4-13-6-12/h1-3,5-6H,4H2. The quantitative estimate of drug-likeness (QED) is 0.703. The molecule has 3 nitrogen and oxygen atoms in total. The van der Waals surface area contributed by atoms with Crippen LogP contribution in [-0.4, -0.2) is 6.47 Å². The average molecular weight is 194 g/mol. The van der Waals surface area contributed by atoms with Crippen molar-refractivity contribution in [3.63, 3.8) is 0 Å². The van der Waals surface area contributed by atoms with Gasteiger partial charge in [0.05, 0.1) is 6.26 Å². The second-order valence-corrected chi connectivity index (χ2v) is 2.81. The largest absolute Gasteiger partial charge is 0.464 e. The van der Waals surface area contributed by atoms with Crippen molar-refractivity contribution in [2.24, 2.45) is 0 Å². The summed E-state index contributed by atoms with van der Waals surface area (Å²) in [6, 6.07) is 4.20. The molecule has 4 heteroatoms. The van der Waals surface area contributed by atoms with Gasteiger partial charge in [-0.2, -0.15) is 0 Å². The van der Waals surface area contributed by atoms with E-state index in [0.29, 0.717) is 23.0 Å². The molecule has 0 amide bonds. The molecule has 72 valence electrons. The van der Waals surface area contributed by atoms with E-state index in [2.05, 4.69) is 4.74 Å². The van der Waals surface area contributed by atoms with Gasteiger partial charge in [-0.25, -0.2) is 4.39 Å². The van der Waals surface area contributed by atoms with Crippen LogP contribution in [0, 0.1) is 5.82 Å². The maximum absolute atomic E-state index is 12.9. The third kappa shape index (κ3) is 1.46. The van der Waals surface area contributed by atoms with Gasteiger partial charge in [0.2, 0.25) is 0 Å². The van der Waals surface area contributed by atoms with Gasteiger partial charge in [-0.3, -0.25) is 4.79 Å². The maximum atomic E-state index is 12.9. The first-order chi connectivity index (χ1) is 6.81. The number of carbonyl (C=O) groups is 1. The number of ether oxygens (including phenoxy) is 1. The molecule has 2 rings (SSSR count). The van der Waals surface area contributed by atoms with E-state index in [1.165, 1.54) is 24.5 Å². The molecule has 0 fully saturated rings. The molecule has 0 unspecified atom stereocenters.